The highest BCUT2D eigenvalue weighted by molar-refractivity contribution is 5.85. The van der Waals surface area contributed by atoms with Crippen molar-refractivity contribution in [3.05, 3.63) is 0 Å². The highest BCUT2D eigenvalue weighted by atomic mass is 35.5. The summed E-state index contributed by atoms with van der Waals surface area (Å²) < 4.78 is 5.61. The molecule has 0 aromatic carbocycles. The summed E-state index contributed by atoms with van der Waals surface area (Å²) in [5.74, 6) is 1.42. The number of nitrogens with zero attached hydrogens (tertiary/aromatic N) is 1. The average Bonchev–Trinajstić information content (AvgIpc) is 3.20. The van der Waals surface area contributed by atoms with Gasteiger partial charge in [0.1, 0.15) is 0 Å². The minimum atomic E-state index is 0. The lowest BCUT2D eigenvalue weighted by Crippen LogP contribution is -2.53. The number of amides is 1. The van der Waals surface area contributed by atoms with E-state index < -0.39 is 0 Å². The smallest absolute Gasteiger partial charge is 0.226 e. The number of nitrogens with one attached hydrogen (secondary N) is 1. The maximum Gasteiger partial charge on any atom is 0.226 e. The molecule has 4 fully saturated rings. The van der Waals surface area contributed by atoms with Crippen molar-refractivity contribution in [3.63, 3.8) is 0 Å². The summed E-state index contributed by atoms with van der Waals surface area (Å²) in [6.07, 6.45) is 7.02. The van der Waals surface area contributed by atoms with Crippen LogP contribution in [0.3, 0.4) is 0 Å². The highest BCUT2D eigenvalue weighted by Gasteiger charge is 2.59. The second kappa shape index (κ2) is 6.05. The normalized spacial score (nSPS) is 37.5. The van der Waals surface area contributed by atoms with Crippen LogP contribution >= 0.6 is 12.4 Å². The summed E-state index contributed by atoms with van der Waals surface area (Å²) >= 11 is 0. The van der Waals surface area contributed by atoms with Gasteiger partial charge in [-0.3, -0.25) is 4.79 Å². The minimum absolute atomic E-state index is 0. The molecule has 1 spiro atoms. The van der Waals surface area contributed by atoms with Crippen LogP contribution in [0.4, 0.5) is 0 Å². The van der Waals surface area contributed by atoms with Crippen LogP contribution in [0, 0.1) is 17.3 Å². The fourth-order valence-electron chi connectivity index (χ4n) is 4.81. The van der Waals surface area contributed by atoms with E-state index in [0.717, 1.165) is 52.1 Å². The SMILES string of the molecule is Cl.O=C(C1CC12CCNCC2)N1CCCC2COCCC21. The molecule has 3 saturated heterocycles. The predicted octanol–water partition coefficient (Wildman–Crippen LogP) is 1.83. The van der Waals surface area contributed by atoms with E-state index >= 15 is 0 Å². The lowest BCUT2D eigenvalue weighted by Gasteiger charge is -2.44. The Hall–Kier alpha value is -0.320. The largest absolute Gasteiger partial charge is 0.381 e. The number of hydrogen-bond donors (Lipinski definition) is 1. The second-order valence-electron chi connectivity index (χ2n) is 7.23. The summed E-state index contributed by atoms with van der Waals surface area (Å²) in [5.41, 5.74) is 0.375. The molecule has 0 bridgehead atoms. The maximum atomic E-state index is 13.0. The zero-order valence-corrected chi connectivity index (χ0v) is 13.5. The van der Waals surface area contributed by atoms with E-state index in [-0.39, 0.29) is 12.4 Å². The summed E-state index contributed by atoms with van der Waals surface area (Å²) in [7, 11) is 0. The van der Waals surface area contributed by atoms with Crippen molar-refractivity contribution in [3.8, 4) is 0 Å². The molecule has 1 saturated carbocycles. The molecule has 0 aromatic rings. The molecule has 4 rings (SSSR count). The standard InChI is InChI=1S/C16H26N2O2.ClH/c19-15(13-10-16(13)4-6-17-7-5-16)18-8-1-2-12-11-20-9-3-14(12)18;/h12-14,17H,1-11H2;1H. The molecule has 21 heavy (non-hydrogen) atoms. The van der Waals surface area contributed by atoms with Gasteiger partial charge in [0.25, 0.3) is 0 Å². The van der Waals surface area contributed by atoms with Crippen LogP contribution in [-0.4, -0.2) is 49.7 Å². The number of fused-ring (bicyclic) bond motifs is 1. The molecule has 3 aliphatic heterocycles. The Morgan fingerprint density at radius 3 is 2.86 bits per heavy atom. The van der Waals surface area contributed by atoms with Crippen LogP contribution in [0.5, 0.6) is 0 Å². The molecule has 3 unspecified atom stereocenters. The maximum absolute atomic E-state index is 13.0. The Morgan fingerprint density at radius 2 is 2.05 bits per heavy atom. The predicted molar refractivity (Wildman–Crippen MR) is 83.6 cm³/mol. The molecule has 5 heteroatoms. The van der Waals surface area contributed by atoms with Crippen molar-refractivity contribution < 1.29 is 9.53 Å². The van der Waals surface area contributed by atoms with Gasteiger partial charge >= 0.3 is 0 Å². The second-order valence-corrected chi connectivity index (χ2v) is 7.23. The number of ether oxygens (including phenoxy) is 1. The van der Waals surface area contributed by atoms with Gasteiger partial charge in [0, 0.05) is 31.0 Å². The topological polar surface area (TPSA) is 41.6 Å². The zero-order valence-electron chi connectivity index (χ0n) is 12.7. The van der Waals surface area contributed by atoms with E-state index in [4.69, 9.17) is 4.74 Å². The van der Waals surface area contributed by atoms with Gasteiger partial charge in [-0.15, -0.1) is 12.4 Å². The molecule has 1 amide bonds. The first-order chi connectivity index (χ1) is 9.80. The van der Waals surface area contributed by atoms with Crippen molar-refractivity contribution in [2.75, 3.05) is 32.8 Å². The highest BCUT2D eigenvalue weighted by Crippen LogP contribution is 2.59. The van der Waals surface area contributed by atoms with Crippen molar-refractivity contribution in [1.29, 1.82) is 0 Å². The third-order valence-corrected chi connectivity index (χ3v) is 6.18. The first kappa shape index (κ1) is 15.6. The molecule has 1 aliphatic carbocycles. The molecule has 120 valence electrons. The fourth-order valence-corrected chi connectivity index (χ4v) is 4.81. The lowest BCUT2D eigenvalue weighted by molar-refractivity contribution is -0.143. The minimum Gasteiger partial charge on any atom is -0.381 e. The Kier molecular flexibility index (Phi) is 4.49. The molecule has 4 aliphatic rings. The van der Waals surface area contributed by atoms with Crippen LogP contribution in [0.15, 0.2) is 0 Å². The van der Waals surface area contributed by atoms with E-state index in [1.54, 1.807) is 0 Å². The van der Waals surface area contributed by atoms with E-state index in [2.05, 4.69) is 10.2 Å². The molecule has 0 aromatic heterocycles. The van der Waals surface area contributed by atoms with E-state index in [1.807, 2.05) is 0 Å². The van der Waals surface area contributed by atoms with Crippen molar-refractivity contribution in [2.24, 2.45) is 17.3 Å². The first-order valence-corrected chi connectivity index (χ1v) is 8.39. The van der Waals surface area contributed by atoms with Gasteiger partial charge in [0.15, 0.2) is 0 Å². The number of piperidine rings is 2. The van der Waals surface area contributed by atoms with E-state index in [1.165, 1.54) is 19.3 Å². The molecule has 0 radical (unpaired) electrons. The Balaban J connectivity index is 0.00000132. The molecule has 3 heterocycles. The average molecular weight is 315 g/mol. The number of likely N-dealkylation sites (tertiary alicyclic amines) is 1. The summed E-state index contributed by atoms with van der Waals surface area (Å²) in [5, 5.41) is 3.42. The molecule has 4 nitrogen and oxygen atoms in total. The quantitative estimate of drug-likeness (QED) is 0.803. The van der Waals surface area contributed by atoms with Crippen LogP contribution in [0.25, 0.3) is 0 Å². The van der Waals surface area contributed by atoms with E-state index in [9.17, 15) is 4.79 Å². The molecule has 1 N–H and O–H groups in total. The van der Waals surface area contributed by atoms with Crippen molar-refractivity contribution in [2.45, 2.75) is 44.6 Å². The van der Waals surface area contributed by atoms with Gasteiger partial charge in [-0.25, -0.2) is 0 Å². The van der Waals surface area contributed by atoms with Crippen molar-refractivity contribution >= 4 is 18.3 Å². The molecular formula is C16H27ClN2O2. The van der Waals surface area contributed by atoms with Gasteiger partial charge in [0.2, 0.25) is 5.91 Å². The molecule has 3 atom stereocenters. The van der Waals surface area contributed by atoms with Crippen LogP contribution in [-0.2, 0) is 9.53 Å². The Morgan fingerprint density at radius 1 is 1.24 bits per heavy atom. The van der Waals surface area contributed by atoms with Gasteiger partial charge in [-0.1, -0.05) is 0 Å². The third-order valence-electron chi connectivity index (χ3n) is 6.18. The third kappa shape index (κ3) is 2.71. The van der Waals surface area contributed by atoms with Crippen LogP contribution in [0.1, 0.15) is 38.5 Å². The fraction of sp³-hybridized carbons (Fsp3) is 0.938. The van der Waals surface area contributed by atoms with Crippen molar-refractivity contribution in [1.82, 2.24) is 10.2 Å². The van der Waals surface area contributed by atoms with Gasteiger partial charge in [-0.2, -0.15) is 0 Å². The van der Waals surface area contributed by atoms with Crippen LogP contribution in [0.2, 0.25) is 0 Å². The number of rotatable bonds is 1. The molecular weight excluding hydrogens is 288 g/mol. The van der Waals surface area contributed by atoms with Gasteiger partial charge in [-0.05, 0) is 57.0 Å². The summed E-state index contributed by atoms with van der Waals surface area (Å²) in [6.45, 7) is 4.90. The zero-order chi connectivity index (χ0) is 13.6. The van der Waals surface area contributed by atoms with E-state index in [0.29, 0.717) is 29.2 Å². The lowest BCUT2D eigenvalue weighted by atomic mass is 9.85. The Bertz CT molecular complexity index is 396. The van der Waals surface area contributed by atoms with Crippen LogP contribution < -0.4 is 5.32 Å². The Labute approximate surface area is 133 Å². The number of halogens is 1. The van der Waals surface area contributed by atoms with Gasteiger partial charge < -0.3 is 15.0 Å². The number of carbonyl (C=O) groups excluding carboxylic acids is 1. The first-order valence-electron chi connectivity index (χ1n) is 8.39. The van der Waals surface area contributed by atoms with Gasteiger partial charge in [0.05, 0.1) is 6.61 Å². The summed E-state index contributed by atoms with van der Waals surface area (Å²) in [4.78, 5) is 15.2. The number of hydrogen-bond acceptors (Lipinski definition) is 3. The number of carbonyl (C=O) groups is 1. The summed E-state index contributed by atoms with van der Waals surface area (Å²) in [6, 6.07) is 0.476. The monoisotopic (exact) mass is 314 g/mol.